The van der Waals surface area contributed by atoms with Gasteiger partial charge in [-0.15, -0.1) is 0 Å². The van der Waals surface area contributed by atoms with Crippen LogP contribution in [0.1, 0.15) is 12.8 Å². The largest absolute Gasteiger partial charge is 0.358 e. The number of piperidine rings is 1. The van der Waals surface area contributed by atoms with Gasteiger partial charge in [-0.05, 0) is 44.0 Å². The maximum Gasteiger partial charge on any atom is 0.324 e. The molecule has 0 unspecified atom stereocenters. The lowest BCUT2D eigenvalue weighted by Gasteiger charge is -2.32. The predicted octanol–water partition coefficient (Wildman–Crippen LogP) is 2.28. The minimum absolute atomic E-state index is 0.0694. The number of carbonyl (C=O) groups is 1. The molecule has 3 rings (SSSR count). The highest BCUT2D eigenvalue weighted by Crippen LogP contribution is 2.24. The molecule has 1 fully saturated rings. The Morgan fingerprint density at radius 2 is 2.19 bits per heavy atom. The molecule has 8 heteroatoms. The van der Waals surface area contributed by atoms with Crippen molar-refractivity contribution in [3.8, 4) is 11.4 Å². The van der Waals surface area contributed by atoms with E-state index in [1.165, 1.54) is 0 Å². The summed E-state index contributed by atoms with van der Waals surface area (Å²) in [6.45, 7) is 3.20. The van der Waals surface area contributed by atoms with E-state index < -0.39 is 0 Å². The number of hydrogen-bond donors (Lipinski definition) is 1. The maximum atomic E-state index is 11.5. The number of hydrogen-bond acceptors (Lipinski definition) is 6. The van der Waals surface area contributed by atoms with Crippen molar-refractivity contribution >= 4 is 23.5 Å². The Balaban J connectivity index is 1.53. The summed E-state index contributed by atoms with van der Waals surface area (Å²) in [7, 11) is 3.64. The number of amides is 1. The number of anilines is 1. The number of halogens is 1. The van der Waals surface area contributed by atoms with Gasteiger partial charge in [0.1, 0.15) is 0 Å². The fourth-order valence-electron chi connectivity index (χ4n) is 3.19. The Morgan fingerprint density at radius 1 is 1.42 bits per heavy atom. The first-order chi connectivity index (χ1) is 12.5. The van der Waals surface area contributed by atoms with E-state index in [0.717, 1.165) is 38.0 Å². The van der Waals surface area contributed by atoms with Crippen LogP contribution in [0.25, 0.3) is 11.4 Å². The molecule has 0 spiro atoms. The Kier molecular flexibility index (Phi) is 6.11. The smallest absolute Gasteiger partial charge is 0.324 e. The SMILES string of the molecule is CNC(=O)CN1CCC(CN(C)c2nc(-c3cccc(Cl)c3)no2)CC1. The van der Waals surface area contributed by atoms with Crippen LogP contribution in [0.3, 0.4) is 0 Å². The van der Waals surface area contributed by atoms with Crippen LogP contribution in [0.5, 0.6) is 0 Å². The molecule has 0 bridgehead atoms. The zero-order valence-corrected chi connectivity index (χ0v) is 15.9. The van der Waals surface area contributed by atoms with Crippen LogP contribution >= 0.6 is 11.6 Å². The summed E-state index contributed by atoms with van der Waals surface area (Å²) in [5.74, 6) is 1.15. The van der Waals surface area contributed by atoms with Crippen molar-refractivity contribution < 1.29 is 9.32 Å². The van der Waals surface area contributed by atoms with Gasteiger partial charge < -0.3 is 14.7 Å². The number of rotatable bonds is 6. The lowest BCUT2D eigenvalue weighted by Crippen LogP contribution is -2.42. The molecular formula is C18H24ClN5O2. The zero-order chi connectivity index (χ0) is 18.5. The lowest BCUT2D eigenvalue weighted by molar-refractivity contribution is -0.122. The maximum absolute atomic E-state index is 11.5. The van der Waals surface area contributed by atoms with E-state index in [1.54, 1.807) is 7.05 Å². The van der Waals surface area contributed by atoms with Crippen molar-refractivity contribution in [3.63, 3.8) is 0 Å². The van der Waals surface area contributed by atoms with Gasteiger partial charge >= 0.3 is 6.01 Å². The Hall–Kier alpha value is -2.12. The van der Waals surface area contributed by atoms with Gasteiger partial charge in [-0.3, -0.25) is 9.69 Å². The first-order valence-electron chi connectivity index (χ1n) is 8.79. The van der Waals surface area contributed by atoms with E-state index >= 15 is 0 Å². The lowest BCUT2D eigenvalue weighted by atomic mass is 9.96. The fraction of sp³-hybridized carbons (Fsp3) is 0.500. The summed E-state index contributed by atoms with van der Waals surface area (Å²) in [5.41, 5.74) is 0.836. The number of nitrogens with one attached hydrogen (secondary N) is 1. The molecule has 0 radical (unpaired) electrons. The van der Waals surface area contributed by atoms with Crippen LogP contribution in [0.2, 0.25) is 5.02 Å². The van der Waals surface area contributed by atoms with Crippen LogP contribution in [-0.2, 0) is 4.79 Å². The number of likely N-dealkylation sites (N-methyl/N-ethyl adjacent to an activating group) is 1. The number of carbonyl (C=O) groups excluding carboxylic acids is 1. The van der Waals surface area contributed by atoms with Crippen LogP contribution < -0.4 is 10.2 Å². The number of aromatic nitrogens is 2. The van der Waals surface area contributed by atoms with Crippen LogP contribution in [0.15, 0.2) is 28.8 Å². The van der Waals surface area contributed by atoms with Gasteiger partial charge in [0.25, 0.3) is 0 Å². The zero-order valence-electron chi connectivity index (χ0n) is 15.1. The molecule has 2 heterocycles. The summed E-state index contributed by atoms with van der Waals surface area (Å²) in [6, 6.07) is 7.91. The molecular weight excluding hydrogens is 354 g/mol. The summed E-state index contributed by atoms with van der Waals surface area (Å²) < 4.78 is 5.41. The molecule has 1 aliphatic rings. The van der Waals surface area contributed by atoms with Crippen molar-refractivity contribution in [3.05, 3.63) is 29.3 Å². The minimum atomic E-state index is 0.0694. The topological polar surface area (TPSA) is 74.5 Å². The molecule has 1 amide bonds. The average Bonchev–Trinajstić information content (AvgIpc) is 3.13. The molecule has 1 N–H and O–H groups in total. The Labute approximate surface area is 158 Å². The highest BCUT2D eigenvalue weighted by Gasteiger charge is 2.23. The molecule has 26 heavy (non-hydrogen) atoms. The summed E-state index contributed by atoms with van der Waals surface area (Å²) in [4.78, 5) is 20.1. The van der Waals surface area contributed by atoms with Gasteiger partial charge in [-0.2, -0.15) is 4.98 Å². The average molecular weight is 378 g/mol. The van der Waals surface area contributed by atoms with E-state index in [9.17, 15) is 4.79 Å². The summed E-state index contributed by atoms with van der Waals surface area (Å²) in [6.07, 6.45) is 2.10. The van der Waals surface area contributed by atoms with Gasteiger partial charge in [-0.25, -0.2) is 0 Å². The Bertz CT molecular complexity index is 743. The van der Waals surface area contributed by atoms with Gasteiger partial charge in [0.15, 0.2) is 0 Å². The Morgan fingerprint density at radius 3 is 2.88 bits per heavy atom. The number of likely N-dealkylation sites (tertiary alicyclic amines) is 1. The summed E-state index contributed by atoms with van der Waals surface area (Å²) >= 11 is 6.02. The van der Waals surface area contributed by atoms with Gasteiger partial charge in [0, 0.05) is 31.2 Å². The standard InChI is InChI=1S/C18H24ClN5O2/c1-20-16(25)12-24-8-6-13(7-9-24)11-23(2)18-21-17(22-26-18)14-4-3-5-15(19)10-14/h3-5,10,13H,6-9,11-12H2,1-2H3,(H,20,25). The van der Waals surface area contributed by atoms with Gasteiger partial charge in [-0.1, -0.05) is 28.9 Å². The normalized spacial score (nSPS) is 15.8. The molecule has 1 saturated heterocycles. The molecule has 1 aromatic heterocycles. The van der Waals surface area contributed by atoms with Crippen molar-refractivity contribution in [2.75, 3.05) is 45.2 Å². The molecule has 140 valence electrons. The summed E-state index contributed by atoms with van der Waals surface area (Å²) in [5, 5.41) is 7.37. The van der Waals surface area contributed by atoms with E-state index in [4.69, 9.17) is 16.1 Å². The second kappa shape index (κ2) is 8.51. The second-order valence-electron chi connectivity index (χ2n) is 6.68. The molecule has 0 aliphatic carbocycles. The first-order valence-corrected chi connectivity index (χ1v) is 9.16. The number of benzene rings is 1. The number of nitrogens with zero attached hydrogens (tertiary/aromatic N) is 4. The third-order valence-corrected chi connectivity index (χ3v) is 4.95. The molecule has 1 aromatic carbocycles. The third kappa shape index (κ3) is 4.74. The van der Waals surface area contributed by atoms with Crippen LogP contribution in [0, 0.1) is 5.92 Å². The van der Waals surface area contributed by atoms with Gasteiger partial charge in [0.2, 0.25) is 11.7 Å². The molecule has 0 atom stereocenters. The van der Waals surface area contributed by atoms with Crippen molar-refractivity contribution in [1.82, 2.24) is 20.4 Å². The van der Waals surface area contributed by atoms with E-state index in [0.29, 0.717) is 29.3 Å². The van der Waals surface area contributed by atoms with E-state index in [2.05, 4.69) is 20.4 Å². The van der Waals surface area contributed by atoms with Gasteiger partial charge in [0.05, 0.1) is 6.54 Å². The monoisotopic (exact) mass is 377 g/mol. The van der Waals surface area contributed by atoms with E-state index in [-0.39, 0.29) is 5.91 Å². The second-order valence-corrected chi connectivity index (χ2v) is 7.12. The molecule has 2 aromatic rings. The highest BCUT2D eigenvalue weighted by molar-refractivity contribution is 6.30. The fourth-order valence-corrected chi connectivity index (χ4v) is 3.38. The quantitative estimate of drug-likeness (QED) is 0.832. The van der Waals surface area contributed by atoms with Crippen LogP contribution in [-0.4, -0.2) is 61.2 Å². The first kappa shape index (κ1) is 18.7. The molecule has 0 saturated carbocycles. The molecule has 1 aliphatic heterocycles. The van der Waals surface area contributed by atoms with E-state index in [1.807, 2.05) is 36.2 Å². The third-order valence-electron chi connectivity index (χ3n) is 4.71. The van der Waals surface area contributed by atoms with Crippen LogP contribution in [0.4, 0.5) is 6.01 Å². The highest BCUT2D eigenvalue weighted by atomic mass is 35.5. The minimum Gasteiger partial charge on any atom is -0.358 e. The predicted molar refractivity (Wildman–Crippen MR) is 101 cm³/mol. The van der Waals surface area contributed by atoms with Crippen molar-refractivity contribution in [2.24, 2.45) is 5.92 Å². The van der Waals surface area contributed by atoms with Crippen molar-refractivity contribution in [1.29, 1.82) is 0 Å². The van der Waals surface area contributed by atoms with Crippen molar-refractivity contribution in [2.45, 2.75) is 12.8 Å². The molecule has 7 nitrogen and oxygen atoms in total.